The molecule has 0 aromatic rings. The second kappa shape index (κ2) is 5.03. The van der Waals surface area contributed by atoms with E-state index < -0.39 is 0 Å². The fourth-order valence-corrected chi connectivity index (χ4v) is 3.48. The van der Waals surface area contributed by atoms with Crippen molar-refractivity contribution >= 4 is 18.2 Å². The number of halogens is 1. The Labute approximate surface area is 103 Å². The van der Waals surface area contributed by atoms with Crippen molar-refractivity contribution in [1.82, 2.24) is 4.90 Å². The van der Waals surface area contributed by atoms with Crippen LogP contribution in [0.5, 0.6) is 0 Å². The molecular formula is C12H20ClNO2. The summed E-state index contributed by atoms with van der Waals surface area (Å²) < 4.78 is 5.33. The molecule has 1 aliphatic heterocycles. The highest BCUT2D eigenvalue weighted by atomic mass is 35.5. The number of nitrogens with zero attached hydrogens (tertiary/aromatic N) is 1. The topological polar surface area (TPSA) is 29.5 Å². The van der Waals surface area contributed by atoms with Gasteiger partial charge in [0.15, 0.2) is 0 Å². The number of carbonyl (C=O) groups is 1. The molecule has 0 radical (unpaired) electrons. The van der Waals surface area contributed by atoms with E-state index in [1.165, 1.54) is 19.3 Å². The summed E-state index contributed by atoms with van der Waals surface area (Å²) in [6, 6.07) is 0. The van der Waals surface area contributed by atoms with Crippen LogP contribution in [0.2, 0.25) is 0 Å². The average molecular weight is 246 g/mol. The van der Waals surface area contributed by atoms with Crippen LogP contribution in [0.4, 0.5) is 0 Å². The lowest BCUT2D eigenvalue weighted by atomic mass is 9.87. The van der Waals surface area contributed by atoms with Crippen molar-refractivity contribution in [2.75, 3.05) is 32.8 Å². The molecule has 4 heteroatoms. The highest BCUT2D eigenvalue weighted by Gasteiger charge is 2.46. The molecule has 3 fully saturated rings. The number of Topliss-reactive ketones (excluding diaryl/α,β-unsaturated/α-hetero) is 1. The molecule has 1 saturated heterocycles. The predicted octanol–water partition coefficient (Wildman–Crippen LogP) is 1.36. The first-order chi connectivity index (χ1) is 7.34. The fourth-order valence-electron chi connectivity index (χ4n) is 3.48. The Kier molecular flexibility index (Phi) is 3.88. The Morgan fingerprint density at radius 3 is 2.62 bits per heavy atom. The van der Waals surface area contributed by atoms with Gasteiger partial charge in [-0.05, 0) is 25.2 Å². The SMILES string of the molecule is Cl.O=C1C2CCC(C2)C1CN1CCOCC1. The molecule has 2 saturated carbocycles. The summed E-state index contributed by atoms with van der Waals surface area (Å²) in [6.45, 7) is 4.72. The van der Waals surface area contributed by atoms with E-state index in [0.29, 0.717) is 23.5 Å². The van der Waals surface area contributed by atoms with Crippen molar-refractivity contribution in [3.63, 3.8) is 0 Å². The molecule has 0 aromatic heterocycles. The summed E-state index contributed by atoms with van der Waals surface area (Å²) >= 11 is 0. The minimum atomic E-state index is 0. The minimum Gasteiger partial charge on any atom is -0.379 e. The van der Waals surface area contributed by atoms with Crippen LogP contribution in [0, 0.1) is 17.8 Å². The van der Waals surface area contributed by atoms with Crippen molar-refractivity contribution < 1.29 is 9.53 Å². The van der Waals surface area contributed by atoms with Crippen LogP contribution < -0.4 is 0 Å². The minimum absolute atomic E-state index is 0. The smallest absolute Gasteiger partial charge is 0.140 e. The second-order valence-corrected chi connectivity index (χ2v) is 5.19. The standard InChI is InChI=1S/C12H19NO2.ClH/c14-12-10-2-1-9(7-10)11(12)8-13-3-5-15-6-4-13;/h9-11H,1-8H2;1H. The van der Waals surface area contributed by atoms with Crippen molar-refractivity contribution in [3.05, 3.63) is 0 Å². The maximum atomic E-state index is 12.0. The summed E-state index contributed by atoms with van der Waals surface area (Å²) in [5.41, 5.74) is 0. The van der Waals surface area contributed by atoms with E-state index in [4.69, 9.17) is 4.74 Å². The zero-order valence-corrected chi connectivity index (χ0v) is 10.4. The number of fused-ring (bicyclic) bond motifs is 2. The second-order valence-electron chi connectivity index (χ2n) is 5.19. The molecule has 0 N–H and O–H groups in total. The van der Waals surface area contributed by atoms with Crippen LogP contribution in [0.15, 0.2) is 0 Å². The lowest BCUT2D eigenvalue weighted by Gasteiger charge is -2.31. The van der Waals surface area contributed by atoms with Crippen molar-refractivity contribution in [3.8, 4) is 0 Å². The van der Waals surface area contributed by atoms with E-state index in [9.17, 15) is 4.79 Å². The Balaban J connectivity index is 0.000000963. The van der Waals surface area contributed by atoms with Gasteiger partial charge in [-0.25, -0.2) is 0 Å². The van der Waals surface area contributed by atoms with Gasteiger partial charge in [0.25, 0.3) is 0 Å². The summed E-state index contributed by atoms with van der Waals surface area (Å²) in [5, 5.41) is 0. The van der Waals surface area contributed by atoms with Crippen LogP contribution in [0.3, 0.4) is 0 Å². The maximum Gasteiger partial charge on any atom is 0.140 e. The third kappa shape index (κ3) is 2.13. The lowest BCUT2D eigenvalue weighted by molar-refractivity contribution is -0.126. The monoisotopic (exact) mass is 245 g/mol. The number of hydrogen-bond donors (Lipinski definition) is 0. The number of ether oxygens (including phenoxy) is 1. The Bertz CT molecular complexity index is 266. The van der Waals surface area contributed by atoms with Crippen LogP contribution >= 0.6 is 12.4 Å². The molecule has 3 rings (SSSR count). The van der Waals surface area contributed by atoms with Crippen molar-refractivity contribution in [2.45, 2.75) is 19.3 Å². The molecule has 2 aliphatic carbocycles. The number of rotatable bonds is 2. The highest BCUT2D eigenvalue weighted by molar-refractivity contribution is 5.87. The highest BCUT2D eigenvalue weighted by Crippen LogP contribution is 2.46. The molecule has 16 heavy (non-hydrogen) atoms. The number of carbonyl (C=O) groups excluding carboxylic acids is 1. The Morgan fingerprint density at radius 2 is 2.00 bits per heavy atom. The van der Waals surface area contributed by atoms with E-state index in [1.54, 1.807) is 0 Å². The van der Waals surface area contributed by atoms with E-state index >= 15 is 0 Å². The van der Waals surface area contributed by atoms with Crippen molar-refractivity contribution in [2.24, 2.45) is 17.8 Å². The summed E-state index contributed by atoms with van der Waals surface area (Å²) in [5.74, 6) is 2.07. The number of hydrogen-bond acceptors (Lipinski definition) is 3. The van der Waals surface area contributed by atoms with Crippen LogP contribution in [0.25, 0.3) is 0 Å². The summed E-state index contributed by atoms with van der Waals surface area (Å²) in [6.07, 6.45) is 3.66. The van der Waals surface area contributed by atoms with Crippen molar-refractivity contribution in [1.29, 1.82) is 0 Å². The third-order valence-corrected chi connectivity index (χ3v) is 4.37. The van der Waals surface area contributed by atoms with Crippen LogP contribution in [0.1, 0.15) is 19.3 Å². The normalized spacial score (nSPS) is 38.8. The largest absolute Gasteiger partial charge is 0.379 e. The first-order valence-electron chi connectivity index (χ1n) is 6.18. The van der Waals surface area contributed by atoms with E-state index in [-0.39, 0.29) is 12.4 Å². The average Bonchev–Trinajstić information content (AvgIpc) is 2.84. The predicted molar refractivity (Wildman–Crippen MR) is 63.8 cm³/mol. The molecular weight excluding hydrogens is 226 g/mol. The van der Waals surface area contributed by atoms with E-state index in [0.717, 1.165) is 32.8 Å². The molecule has 1 heterocycles. The zero-order chi connectivity index (χ0) is 10.3. The zero-order valence-electron chi connectivity index (χ0n) is 9.56. The van der Waals surface area contributed by atoms with Gasteiger partial charge in [-0.1, -0.05) is 0 Å². The molecule has 3 aliphatic rings. The molecule has 2 bridgehead atoms. The van der Waals surface area contributed by atoms with E-state index in [2.05, 4.69) is 4.90 Å². The Hall–Kier alpha value is -0.120. The first kappa shape index (κ1) is 12.3. The number of ketones is 1. The van der Waals surface area contributed by atoms with E-state index in [1.807, 2.05) is 0 Å². The summed E-state index contributed by atoms with van der Waals surface area (Å²) in [4.78, 5) is 14.4. The van der Waals surface area contributed by atoms with Gasteiger partial charge in [-0.3, -0.25) is 9.69 Å². The molecule has 0 amide bonds. The quantitative estimate of drug-likeness (QED) is 0.736. The van der Waals surface area contributed by atoms with Gasteiger partial charge in [0.2, 0.25) is 0 Å². The van der Waals surface area contributed by atoms with Gasteiger partial charge in [0.1, 0.15) is 5.78 Å². The van der Waals surface area contributed by atoms with Gasteiger partial charge < -0.3 is 4.74 Å². The van der Waals surface area contributed by atoms with Crippen LogP contribution in [-0.2, 0) is 9.53 Å². The number of morpholine rings is 1. The third-order valence-electron chi connectivity index (χ3n) is 4.37. The van der Waals surface area contributed by atoms with Crippen LogP contribution in [-0.4, -0.2) is 43.5 Å². The Morgan fingerprint density at radius 1 is 1.25 bits per heavy atom. The molecule has 3 unspecified atom stereocenters. The first-order valence-corrected chi connectivity index (χ1v) is 6.18. The van der Waals surface area contributed by atoms with Gasteiger partial charge in [0, 0.05) is 31.5 Å². The summed E-state index contributed by atoms with van der Waals surface area (Å²) in [7, 11) is 0. The van der Waals surface area contributed by atoms with Gasteiger partial charge in [-0.15, -0.1) is 12.4 Å². The van der Waals surface area contributed by atoms with Gasteiger partial charge in [-0.2, -0.15) is 0 Å². The molecule has 3 atom stereocenters. The fraction of sp³-hybridized carbons (Fsp3) is 0.917. The maximum absolute atomic E-state index is 12.0. The molecule has 92 valence electrons. The molecule has 3 nitrogen and oxygen atoms in total. The lowest BCUT2D eigenvalue weighted by Crippen LogP contribution is -2.42. The molecule has 0 spiro atoms. The van der Waals surface area contributed by atoms with Gasteiger partial charge in [0.05, 0.1) is 13.2 Å². The molecule has 0 aromatic carbocycles. The van der Waals surface area contributed by atoms with Gasteiger partial charge >= 0.3 is 0 Å².